The fraction of sp³-hybridized carbons (Fsp3) is 0.217. The molecule has 0 radical (unpaired) electrons. The molecule has 1 aliphatic rings. The maximum atomic E-state index is 6.00. The summed E-state index contributed by atoms with van der Waals surface area (Å²) in [6.07, 6.45) is 0. The third kappa shape index (κ3) is 4.59. The molecule has 4 rings (SSSR count). The van der Waals surface area contributed by atoms with Gasteiger partial charge in [0.25, 0.3) is 0 Å². The molecule has 0 atom stereocenters. The molecule has 1 aliphatic heterocycles. The number of aryl methyl sites for hydroxylation is 1. The Kier molecular flexibility index (Phi) is 5.81. The molecule has 0 aliphatic carbocycles. The highest BCUT2D eigenvalue weighted by molar-refractivity contribution is 9.10. The lowest BCUT2D eigenvalue weighted by atomic mass is 10.1. The Morgan fingerprint density at radius 2 is 1.76 bits per heavy atom. The number of ether oxygens (including phenoxy) is 4. The SMILES string of the molecule is COc1cc(CNc2ccc3c(c2)OCO3)c(Br)cc1OCc1ccc(C)cc1. The van der Waals surface area contributed by atoms with Crippen molar-refractivity contribution in [3.05, 3.63) is 75.8 Å². The summed E-state index contributed by atoms with van der Waals surface area (Å²) in [7, 11) is 1.65. The Morgan fingerprint density at radius 1 is 0.966 bits per heavy atom. The van der Waals surface area contributed by atoms with E-state index in [0.717, 1.165) is 32.8 Å². The van der Waals surface area contributed by atoms with E-state index in [0.29, 0.717) is 24.7 Å². The molecule has 1 heterocycles. The van der Waals surface area contributed by atoms with E-state index < -0.39 is 0 Å². The first kappa shape index (κ1) is 19.5. The monoisotopic (exact) mass is 455 g/mol. The Hall–Kier alpha value is -2.86. The van der Waals surface area contributed by atoms with E-state index in [1.54, 1.807) is 7.11 Å². The summed E-state index contributed by atoms with van der Waals surface area (Å²) >= 11 is 3.65. The molecule has 0 spiro atoms. The molecule has 0 saturated heterocycles. The molecule has 0 unspecified atom stereocenters. The van der Waals surface area contributed by atoms with Crippen molar-refractivity contribution < 1.29 is 18.9 Å². The highest BCUT2D eigenvalue weighted by Crippen LogP contribution is 2.36. The topological polar surface area (TPSA) is 49.0 Å². The average Bonchev–Trinajstić information content (AvgIpc) is 3.20. The van der Waals surface area contributed by atoms with Crippen LogP contribution in [0.5, 0.6) is 23.0 Å². The van der Waals surface area contributed by atoms with Crippen LogP contribution in [0.1, 0.15) is 16.7 Å². The van der Waals surface area contributed by atoms with Gasteiger partial charge in [0.2, 0.25) is 6.79 Å². The maximum Gasteiger partial charge on any atom is 0.231 e. The van der Waals surface area contributed by atoms with Crippen LogP contribution in [0.2, 0.25) is 0 Å². The van der Waals surface area contributed by atoms with Gasteiger partial charge in [-0.05, 0) is 42.3 Å². The van der Waals surface area contributed by atoms with Crippen LogP contribution in [-0.2, 0) is 13.2 Å². The number of halogens is 1. The molecule has 0 aromatic heterocycles. The summed E-state index contributed by atoms with van der Waals surface area (Å²) in [6.45, 7) is 3.44. The molecule has 3 aromatic carbocycles. The molecule has 0 bridgehead atoms. The zero-order valence-corrected chi connectivity index (χ0v) is 17.9. The van der Waals surface area contributed by atoms with Crippen LogP contribution in [0.4, 0.5) is 5.69 Å². The molecule has 0 amide bonds. The second kappa shape index (κ2) is 8.66. The molecule has 6 heteroatoms. The van der Waals surface area contributed by atoms with Gasteiger partial charge >= 0.3 is 0 Å². The Bertz CT molecular complexity index is 1000. The normalized spacial score (nSPS) is 12.0. The minimum absolute atomic E-state index is 0.269. The fourth-order valence-electron chi connectivity index (χ4n) is 3.03. The molecule has 3 aromatic rings. The lowest BCUT2D eigenvalue weighted by Gasteiger charge is -2.15. The number of fused-ring (bicyclic) bond motifs is 1. The van der Waals surface area contributed by atoms with Gasteiger partial charge in [-0.25, -0.2) is 0 Å². The summed E-state index contributed by atoms with van der Waals surface area (Å²) in [5, 5.41) is 3.40. The summed E-state index contributed by atoms with van der Waals surface area (Å²) in [6, 6.07) is 18.0. The van der Waals surface area contributed by atoms with Crippen molar-refractivity contribution >= 4 is 21.6 Å². The molecule has 150 valence electrons. The second-order valence-corrected chi connectivity index (χ2v) is 7.64. The van der Waals surface area contributed by atoms with Crippen LogP contribution in [0.3, 0.4) is 0 Å². The predicted molar refractivity (Wildman–Crippen MR) is 116 cm³/mol. The number of methoxy groups -OCH3 is 1. The van der Waals surface area contributed by atoms with E-state index in [1.807, 2.05) is 30.3 Å². The molecule has 1 N–H and O–H groups in total. The van der Waals surface area contributed by atoms with E-state index in [9.17, 15) is 0 Å². The first-order chi connectivity index (χ1) is 14.1. The van der Waals surface area contributed by atoms with E-state index in [-0.39, 0.29) is 6.79 Å². The number of benzene rings is 3. The van der Waals surface area contributed by atoms with Gasteiger partial charge in [-0.2, -0.15) is 0 Å². The van der Waals surface area contributed by atoms with E-state index in [2.05, 4.69) is 52.4 Å². The van der Waals surface area contributed by atoms with Crippen molar-refractivity contribution in [2.75, 3.05) is 19.2 Å². The second-order valence-electron chi connectivity index (χ2n) is 6.79. The minimum Gasteiger partial charge on any atom is -0.493 e. The number of nitrogens with one attached hydrogen (secondary N) is 1. The van der Waals surface area contributed by atoms with Gasteiger partial charge in [-0.3, -0.25) is 0 Å². The summed E-state index contributed by atoms with van der Waals surface area (Å²) in [5.74, 6) is 2.93. The third-order valence-electron chi connectivity index (χ3n) is 4.70. The van der Waals surface area contributed by atoms with Gasteiger partial charge in [0.1, 0.15) is 6.61 Å². The summed E-state index contributed by atoms with van der Waals surface area (Å²) in [4.78, 5) is 0. The average molecular weight is 456 g/mol. The van der Waals surface area contributed by atoms with Crippen LogP contribution in [0.15, 0.2) is 59.1 Å². The van der Waals surface area contributed by atoms with Crippen LogP contribution < -0.4 is 24.3 Å². The van der Waals surface area contributed by atoms with Crippen LogP contribution >= 0.6 is 15.9 Å². The zero-order chi connectivity index (χ0) is 20.2. The molecular weight excluding hydrogens is 434 g/mol. The van der Waals surface area contributed by atoms with Crippen LogP contribution in [-0.4, -0.2) is 13.9 Å². The molecule has 5 nitrogen and oxygen atoms in total. The van der Waals surface area contributed by atoms with Gasteiger partial charge in [0.05, 0.1) is 7.11 Å². The zero-order valence-electron chi connectivity index (χ0n) is 16.3. The summed E-state index contributed by atoms with van der Waals surface area (Å²) in [5.41, 5.74) is 4.36. The Morgan fingerprint density at radius 3 is 2.55 bits per heavy atom. The molecule has 0 fully saturated rings. The first-order valence-corrected chi connectivity index (χ1v) is 10.1. The predicted octanol–water partition coefficient (Wildman–Crippen LogP) is 5.69. The number of anilines is 1. The van der Waals surface area contributed by atoms with Crippen molar-refractivity contribution in [2.24, 2.45) is 0 Å². The number of rotatable bonds is 7. The third-order valence-corrected chi connectivity index (χ3v) is 5.44. The highest BCUT2D eigenvalue weighted by Gasteiger charge is 2.14. The molecular formula is C23H22BrNO4. The van der Waals surface area contributed by atoms with Gasteiger partial charge in [0, 0.05) is 22.8 Å². The van der Waals surface area contributed by atoms with E-state index in [4.69, 9.17) is 18.9 Å². The maximum absolute atomic E-state index is 6.00. The standard InChI is InChI=1S/C23H22BrNO4/c1-15-3-5-16(6-4-15)13-27-23-11-19(24)17(9-21(23)26-2)12-25-18-7-8-20-22(10-18)29-14-28-20/h3-11,25H,12-14H2,1-2H3. The fourth-order valence-corrected chi connectivity index (χ4v) is 3.50. The lowest BCUT2D eigenvalue weighted by Crippen LogP contribution is -2.03. The van der Waals surface area contributed by atoms with Gasteiger partial charge in [-0.15, -0.1) is 0 Å². The van der Waals surface area contributed by atoms with Gasteiger partial charge in [0.15, 0.2) is 23.0 Å². The van der Waals surface area contributed by atoms with E-state index in [1.165, 1.54) is 5.56 Å². The van der Waals surface area contributed by atoms with Crippen molar-refractivity contribution in [1.29, 1.82) is 0 Å². The smallest absolute Gasteiger partial charge is 0.231 e. The minimum atomic E-state index is 0.269. The quantitative estimate of drug-likeness (QED) is 0.496. The van der Waals surface area contributed by atoms with Crippen molar-refractivity contribution in [3.8, 4) is 23.0 Å². The molecule has 29 heavy (non-hydrogen) atoms. The molecule has 0 saturated carbocycles. The number of hydrogen-bond acceptors (Lipinski definition) is 5. The van der Waals surface area contributed by atoms with Crippen molar-refractivity contribution in [2.45, 2.75) is 20.1 Å². The highest BCUT2D eigenvalue weighted by atomic mass is 79.9. The Labute approximate surface area is 178 Å². The van der Waals surface area contributed by atoms with Crippen molar-refractivity contribution in [3.63, 3.8) is 0 Å². The van der Waals surface area contributed by atoms with Gasteiger partial charge in [-0.1, -0.05) is 45.8 Å². The van der Waals surface area contributed by atoms with Crippen LogP contribution in [0.25, 0.3) is 0 Å². The lowest BCUT2D eigenvalue weighted by molar-refractivity contribution is 0.174. The number of hydrogen-bond donors (Lipinski definition) is 1. The van der Waals surface area contributed by atoms with Gasteiger partial charge < -0.3 is 24.3 Å². The van der Waals surface area contributed by atoms with E-state index >= 15 is 0 Å². The summed E-state index contributed by atoms with van der Waals surface area (Å²) < 4.78 is 23.3. The van der Waals surface area contributed by atoms with Crippen LogP contribution in [0, 0.1) is 6.92 Å². The van der Waals surface area contributed by atoms with Crippen molar-refractivity contribution in [1.82, 2.24) is 0 Å². The Balaban J connectivity index is 1.44. The largest absolute Gasteiger partial charge is 0.493 e. The first-order valence-electron chi connectivity index (χ1n) is 9.30.